The van der Waals surface area contributed by atoms with Gasteiger partial charge in [-0.1, -0.05) is 30.3 Å². The lowest BCUT2D eigenvalue weighted by Crippen LogP contribution is -2.25. The molecule has 0 aromatic carbocycles. The second kappa shape index (κ2) is 5.27. The van der Waals surface area contributed by atoms with Crippen molar-refractivity contribution in [3.8, 4) is 0 Å². The Labute approximate surface area is 98.2 Å². The van der Waals surface area contributed by atoms with Crippen molar-refractivity contribution < 1.29 is 13.3 Å². The van der Waals surface area contributed by atoms with Crippen molar-refractivity contribution in [3.63, 3.8) is 0 Å². The van der Waals surface area contributed by atoms with Crippen LogP contribution in [0.5, 0.6) is 0 Å². The Morgan fingerprint density at radius 1 is 1.53 bits per heavy atom. The van der Waals surface area contributed by atoms with Crippen molar-refractivity contribution in [1.82, 2.24) is 4.89 Å². The van der Waals surface area contributed by atoms with Gasteiger partial charge >= 0.3 is 0 Å². The summed E-state index contributed by atoms with van der Waals surface area (Å²) >= 11 is 6.62. The van der Waals surface area contributed by atoms with E-state index in [2.05, 4.69) is 0 Å². The van der Waals surface area contributed by atoms with Gasteiger partial charge in [0.15, 0.2) is 0 Å². The van der Waals surface area contributed by atoms with E-state index in [1.165, 1.54) is 12.1 Å². The van der Waals surface area contributed by atoms with E-state index in [1.807, 2.05) is 18.7 Å². The van der Waals surface area contributed by atoms with Crippen LogP contribution in [-0.2, 0) is 14.9 Å². The van der Waals surface area contributed by atoms with Crippen molar-refractivity contribution >= 4 is 33.0 Å². The molecule has 0 fully saturated rings. The Bertz CT molecular complexity index is 413. The lowest BCUT2D eigenvalue weighted by molar-refractivity contribution is 0.0720. The minimum atomic E-state index is -3.57. The fourth-order valence-corrected chi connectivity index (χ4v) is 3.04. The number of nitrogens with one attached hydrogen (secondary N) is 1. The molecule has 86 valence electrons. The van der Waals surface area contributed by atoms with Crippen molar-refractivity contribution in [3.05, 3.63) is 16.5 Å². The summed E-state index contributed by atoms with van der Waals surface area (Å²) in [6.07, 6.45) is 0. The second-order valence-electron chi connectivity index (χ2n) is 3.35. The smallest absolute Gasteiger partial charge is 0.271 e. The molecule has 1 heterocycles. The van der Waals surface area contributed by atoms with Gasteiger partial charge in [0.2, 0.25) is 0 Å². The van der Waals surface area contributed by atoms with E-state index >= 15 is 0 Å². The van der Waals surface area contributed by atoms with Gasteiger partial charge in [0, 0.05) is 0 Å². The minimum Gasteiger partial charge on any atom is -0.287 e. The highest BCUT2D eigenvalue weighted by molar-refractivity contribution is 7.91. The molecule has 4 nitrogen and oxygen atoms in total. The predicted octanol–water partition coefficient (Wildman–Crippen LogP) is 2.27. The first kappa shape index (κ1) is 12.9. The van der Waals surface area contributed by atoms with Gasteiger partial charge in [0.05, 0.1) is 10.9 Å². The summed E-state index contributed by atoms with van der Waals surface area (Å²) in [6, 6.07) is 2.97. The summed E-state index contributed by atoms with van der Waals surface area (Å²) in [5.74, 6) is 0.264. The Morgan fingerprint density at radius 3 is 2.67 bits per heavy atom. The fourth-order valence-electron chi connectivity index (χ4n) is 0.761. The third kappa shape index (κ3) is 4.08. The highest BCUT2D eigenvalue weighted by atomic mass is 35.5. The van der Waals surface area contributed by atoms with Gasteiger partial charge in [-0.3, -0.25) is 4.84 Å². The first-order valence-corrected chi connectivity index (χ1v) is 6.98. The zero-order chi connectivity index (χ0) is 11.5. The zero-order valence-corrected chi connectivity index (χ0v) is 10.7. The third-order valence-electron chi connectivity index (χ3n) is 1.40. The van der Waals surface area contributed by atoms with E-state index in [4.69, 9.17) is 16.4 Å². The van der Waals surface area contributed by atoms with Gasteiger partial charge < -0.3 is 0 Å². The molecule has 1 aromatic heterocycles. The van der Waals surface area contributed by atoms with E-state index in [9.17, 15) is 8.42 Å². The topological polar surface area (TPSA) is 55.4 Å². The second-order valence-corrected chi connectivity index (χ2v) is 6.94. The molecule has 0 saturated heterocycles. The molecule has 0 spiro atoms. The van der Waals surface area contributed by atoms with Crippen LogP contribution in [0.25, 0.3) is 0 Å². The van der Waals surface area contributed by atoms with Crippen LogP contribution in [-0.4, -0.2) is 15.0 Å². The molecule has 0 bridgehead atoms. The number of hydrogen-bond acceptors (Lipinski definition) is 4. The van der Waals surface area contributed by atoms with Gasteiger partial charge in [0.25, 0.3) is 10.0 Å². The molecular formula is C8H12ClNO3S2. The summed E-state index contributed by atoms with van der Waals surface area (Å²) in [4.78, 5) is 6.89. The molecule has 0 amide bonds. The number of thiophene rings is 1. The van der Waals surface area contributed by atoms with Crippen LogP contribution >= 0.6 is 22.9 Å². The molecule has 0 aliphatic carbocycles. The van der Waals surface area contributed by atoms with E-state index in [-0.39, 0.29) is 10.1 Å². The van der Waals surface area contributed by atoms with E-state index in [1.54, 1.807) is 0 Å². The lowest BCUT2D eigenvalue weighted by atomic mass is 10.2. The maximum absolute atomic E-state index is 11.5. The molecule has 0 unspecified atom stereocenters. The summed E-state index contributed by atoms with van der Waals surface area (Å²) in [5, 5.41) is 0. The first-order chi connectivity index (χ1) is 6.92. The quantitative estimate of drug-likeness (QED) is 0.835. The highest BCUT2D eigenvalue weighted by Crippen LogP contribution is 2.25. The SMILES string of the molecule is CC(C)CONS(=O)(=O)c1ccc(Cl)s1. The van der Waals surface area contributed by atoms with Crippen LogP contribution in [0.3, 0.4) is 0 Å². The van der Waals surface area contributed by atoms with Crippen LogP contribution in [0.1, 0.15) is 13.8 Å². The van der Waals surface area contributed by atoms with E-state index < -0.39 is 10.0 Å². The number of hydrogen-bond donors (Lipinski definition) is 1. The average Bonchev–Trinajstić information content (AvgIpc) is 2.51. The van der Waals surface area contributed by atoms with Crippen LogP contribution in [0.2, 0.25) is 4.34 Å². The Kier molecular flexibility index (Phi) is 4.54. The molecule has 1 rings (SSSR count). The molecule has 0 saturated carbocycles. The molecule has 7 heteroatoms. The Balaban J connectivity index is 2.60. The molecule has 15 heavy (non-hydrogen) atoms. The van der Waals surface area contributed by atoms with Gasteiger partial charge in [0.1, 0.15) is 4.21 Å². The first-order valence-electron chi connectivity index (χ1n) is 4.31. The van der Waals surface area contributed by atoms with Crippen LogP contribution in [0, 0.1) is 5.92 Å². The monoisotopic (exact) mass is 269 g/mol. The normalized spacial score (nSPS) is 12.3. The maximum Gasteiger partial charge on any atom is 0.271 e. The Hall–Kier alpha value is -0.140. The van der Waals surface area contributed by atoms with Crippen molar-refractivity contribution in [2.45, 2.75) is 18.1 Å². The van der Waals surface area contributed by atoms with Crippen LogP contribution < -0.4 is 4.89 Å². The third-order valence-corrected chi connectivity index (χ3v) is 4.34. The van der Waals surface area contributed by atoms with E-state index in [0.29, 0.717) is 10.9 Å². The summed E-state index contributed by atoms with van der Waals surface area (Å²) in [7, 11) is -3.57. The van der Waals surface area contributed by atoms with Gasteiger partial charge in [-0.05, 0) is 18.1 Å². The van der Waals surface area contributed by atoms with Gasteiger partial charge in [-0.25, -0.2) is 8.42 Å². The highest BCUT2D eigenvalue weighted by Gasteiger charge is 2.16. The molecule has 0 radical (unpaired) electrons. The van der Waals surface area contributed by atoms with Crippen molar-refractivity contribution in [2.24, 2.45) is 5.92 Å². The number of halogens is 1. The minimum absolute atomic E-state index is 0.149. The fraction of sp³-hybridized carbons (Fsp3) is 0.500. The average molecular weight is 270 g/mol. The summed E-state index contributed by atoms with van der Waals surface area (Å²) < 4.78 is 23.7. The molecule has 1 aromatic rings. The molecule has 0 aliphatic rings. The predicted molar refractivity (Wildman–Crippen MR) is 60.4 cm³/mol. The maximum atomic E-state index is 11.5. The van der Waals surface area contributed by atoms with Gasteiger partial charge in [-0.15, -0.1) is 11.3 Å². The van der Waals surface area contributed by atoms with E-state index in [0.717, 1.165) is 11.3 Å². The van der Waals surface area contributed by atoms with Crippen molar-refractivity contribution in [1.29, 1.82) is 0 Å². The number of sulfonamides is 1. The lowest BCUT2D eigenvalue weighted by Gasteiger charge is -2.06. The summed E-state index contributed by atoms with van der Waals surface area (Å²) in [5.41, 5.74) is 0. The number of rotatable bonds is 5. The zero-order valence-electron chi connectivity index (χ0n) is 8.36. The van der Waals surface area contributed by atoms with Crippen LogP contribution in [0.4, 0.5) is 0 Å². The molecule has 1 N–H and O–H groups in total. The summed E-state index contributed by atoms with van der Waals surface area (Å²) in [6.45, 7) is 4.19. The molecular weight excluding hydrogens is 258 g/mol. The molecule has 0 aliphatic heterocycles. The standard InChI is InChI=1S/C8H12ClNO3S2/c1-6(2)5-13-10-15(11,12)8-4-3-7(9)14-8/h3-4,6,10H,5H2,1-2H3. The van der Waals surface area contributed by atoms with Crippen molar-refractivity contribution in [2.75, 3.05) is 6.61 Å². The van der Waals surface area contributed by atoms with Crippen LogP contribution in [0.15, 0.2) is 16.3 Å². The largest absolute Gasteiger partial charge is 0.287 e. The van der Waals surface area contributed by atoms with Gasteiger partial charge in [-0.2, -0.15) is 0 Å². The molecule has 0 atom stereocenters. The Morgan fingerprint density at radius 2 is 2.20 bits per heavy atom.